The van der Waals surface area contributed by atoms with Gasteiger partial charge in [-0.3, -0.25) is 4.79 Å². The molecule has 1 aromatic carbocycles. The van der Waals surface area contributed by atoms with Crippen molar-refractivity contribution in [1.82, 2.24) is 0 Å². The first-order chi connectivity index (χ1) is 7.99. The van der Waals surface area contributed by atoms with Gasteiger partial charge in [0.25, 0.3) is 0 Å². The van der Waals surface area contributed by atoms with Gasteiger partial charge in [-0.1, -0.05) is 31.9 Å². The summed E-state index contributed by atoms with van der Waals surface area (Å²) in [5.74, 6) is 0.665. The van der Waals surface area contributed by atoms with Crippen molar-refractivity contribution in [2.75, 3.05) is 5.73 Å². The summed E-state index contributed by atoms with van der Waals surface area (Å²) in [6.45, 7) is 4.25. The highest BCUT2D eigenvalue weighted by molar-refractivity contribution is 6.32. The number of hydrogen-bond acceptors (Lipinski definition) is 3. The molecule has 0 fully saturated rings. The molecule has 0 heterocycles. The molecule has 1 rings (SSSR count). The molecular weight excluding hydrogens is 238 g/mol. The molecule has 0 aromatic heterocycles. The van der Waals surface area contributed by atoms with Crippen molar-refractivity contribution < 1.29 is 9.53 Å². The molecule has 0 aliphatic carbocycles. The Balaban J connectivity index is 2.47. The molecule has 17 heavy (non-hydrogen) atoms. The van der Waals surface area contributed by atoms with Gasteiger partial charge < -0.3 is 10.5 Å². The normalized spacial score (nSPS) is 10.6. The monoisotopic (exact) mass is 255 g/mol. The fraction of sp³-hybridized carbons (Fsp3) is 0.462. The van der Waals surface area contributed by atoms with Crippen LogP contribution in [0.15, 0.2) is 18.2 Å². The minimum absolute atomic E-state index is 0.266. The van der Waals surface area contributed by atoms with E-state index in [1.165, 1.54) is 0 Å². The molecule has 3 nitrogen and oxygen atoms in total. The zero-order chi connectivity index (χ0) is 12.8. The van der Waals surface area contributed by atoms with Crippen LogP contribution in [0.2, 0.25) is 5.02 Å². The first-order valence-electron chi connectivity index (χ1n) is 5.74. The summed E-state index contributed by atoms with van der Waals surface area (Å²) in [4.78, 5) is 11.5. The maximum atomic E-state index is 11.5. The quantitative estimate of drug-likeness (QED) is 0.496. The van der Waals surface area contributed by atoms with Crippen molar-refractivity contribution in [3.8, 4) is 5.75 Å². The van der Waals surface area contributed by atoms with Crippen molar-refractivity contribution in [3.63, 3.8) is 0 Å². The molecule has 0 aliphatic rings. The van der Waals surface area contributed by atoms with E-state index in [0.717, 1.165) is 12.8 Å². The lowest BCUT2D eigenvalue weighted by Gasteiger charge is -2.07. The van der Waals surface area contributed by atoms with Crippen LogP contribution in [0, 0.1) is 5.92 Å². The number of ether oxygens (including phenoxy) is 1. The molecule has 0 bridgehead atoms. The minimum Gasteiger partial charge on any atom is -0.425 e. The lowest BCUT2D eigenvalue weighted by atomic mass is 10.1. The van der Waals surface area contributed by atoms with Crippen LogP contribution in [0.3, 0.4) is 0 Å². The van der Waals surface area contributed by atoms with E-state index in [0.29, 0.717) is 28.8 Å². The molecule has 0 aliphatic heterocycles. The van der Waals surface area contributed by atoms with Gasteiger partial charge in [0.15, 0.2) is 5.75 Å². The van der Waals surface area contributed by atoms with Crippen LogP contribution in [0.1, 0.15) is 33.1 Å². The third kappa shape index (κ3) is 5.09. The third-order valence-electron chi connectivity index (χ3n) is 2.34. The number of esters is 1. The van der Waals surface area contributed by atoms with Crippen molar-refractivity contribution in [3.05, 3.63) is 23.2 Å². The highest BCUT2D eigenvalue weighted by atomic mass is 35.5. The number of carbonyl (C=O) groups is 1. The van der Waals surface area contributed by atoms with Crippen molar-refractivity contribution in [2.24, 2.45) is 5.92 Å². The van der Waals surface area contributed by atoms with Crippen LogP contribution in [-0.4, -0.2) is 5.97 Å². The molecule has 94 valence electrons. The third-order valence-corrected chi connectivity index (χ3v) is 2.65. The van der Waals surface area contributed by atoms with E-state index in [-0.39, 0.29) is 5.97 Å². The van der Waals surface area contributed by atoms with E-state index in [1.54, 1.807) is 18.2 Å². The number of benzene rings is 1. The Bertz CT molecular complexity index is 391. The first kappa shape index (κ1) is 13.8. The molecule has 0 atom stereocenters. The second-order valence-electron chi connectivity index (χ2n) is 4.45. The summed E-state index contributed by atoms with van der Waals surface area (Å²) in [6.07, 6.45) is 2.25. The summed E-state index contributed by atoms with van der Waals surface area (Å²) in [5, 5.41) is 0.399. The van der Waals surface area contributed by atoms with Crippen LogP contribution in [0.25, 0.3) is 0 Å². The highest BCUT2D eigenvalue weighted by Crippen LogP contribution is 2.27. The van der Waals surface area contributed by atoms with E-state index < -0.39 is 0 Å². The number of nitrogens with two attached hydrogens (primary N) is 1. The van der Waals surface area contributed by atoms with Crippen LogP contribution in [0.5, 0.6) is 5.75 Å². The first-order valence-corrected chi connectivity index (χ1v) is 6.12. The predicted molar refractivity (Wildman–Crippen MR) is 70.2 cm³/mol. The zero-order valence-corrected chi connectivity index (χ0v) is 11.0. The van der Waals surface area contributed by atoms with Gasteiger partial charge in [-0.05, 0) is 24.5 Å². The van der Waals surface area contributed by atoms with E-state index in [9.17, 15) is 4.79 Å². The van der Waals surface area contributed by atoms with Crippen molar-refractivity contribution in [1.29, 1.82) is 0 Å². The highest BCUT2D eigenvalue weighted by Gasteiger charge is 2.09. The van der Waals surface area contributed by atoms with Crippen LogP contribution >= 0.6 is 11.6 Å². The molecule has 0 radical (unpaired) electrons. The summed E-state index contributed by atoms with van der Waals surface area (Å²) in [6, 6.07) is 4.84. The summed E-state index contributed by atoms with van der Waals surface area (Å²) in [5.41, 5.74) is 6.12. The Kier molecular flexibility index (Phi) is 5.29. The summed E-state index contributed by atoms with van der Waals surface area (Å²) >= 11 is 5.89. The Morgan fingerprint density at radius 1 is 1.47 bits per heavy atom. The van der Waals surface area contributed by atoms with E-state index in [1.807, 2.05) is 0 Å². The van der Waals surface area contributed by atoms with Crippen molar-refractivity contribution in [2.45, 2.75) is 33.1 Å². The van der Waals surface area contributed by atoms with Crippen molar-refractivity contribution >= 4 is 23.3 Å². The number of halogens is 1. The maximum absolute atomic E-state index is 11.5. The second-order valence-corrected chi connectivity index (χ2v) is 4.86. The Labute approximate surface area is 107 Å². The topological polar surface area (TPSA) is 52.3 Å². The predicted octanol–water partition coefficient (Wildman–Crippen LogP) is 3.65. The van der Waals surface area contributed by atoms with E-state index in [2.05, 4.69) is 13.8 Å². The lowest BCUT2D eigenvalue weighted by molar-refractivity contribution is -0.134. The Hall–Kier alpha value is -1.22. The standard InChI is InChI=1S/C13H18ClNO2/c1-9(2)4-3-5-13(16)17-12-8-10(15)6-7-11(12)14/h6-9H,3-5,15H2,1-2H3. The Morgan fingerprint density at radius 2 is 2.18 bits per heavy atom. The number of nitrogen functional groups attached to an aromatic ring is 1. The number of hydrogen-bond donors (Lipinski definition) is 1. The van der Waals surface area contributed by atoms with Gasteiger partial charge in [0.2, 0.25) is 0 Å². The molecular formula is C13H18ClNO2. The van der Waals surface area contributed by atoms with Gasteiger partial charge in [-0.15, -0.1) is 0 Å². The molecule has 0 saturated heterocycles. The van der Waals surface area contributed by atoms with Gasteiger partial charge in [-0.2, -0.15) is 0 Å². The van der Waals surface area contributed by atoms with Gasteiger partial charge >= 0.3 is 5.97 Å². The van der Waals surface area contributed by atoms with E-state index in [4.69, 9.17) is 22.1 Å². The minimum atomic E-state index is -0.266. The summed E-state index contributed by atoms with van der Waals surface area (Å²) in [7, 11) is 0. The van der Waals surface area contributed by atoms with Gasteiger partial charge in [0.1, 0.15) is 0 Å². The zero-order valence-electron chi connectivity index (χ0n) is 10.2. The number of carbonyl (C=O) groups excluding carboxylic acids is 1. The Morgan fingerprint density at radius 3 is 2.82 bits per heavy atom. The summed E-state index contributed by atoms with van der Waals surface area (Å²) < 4.78 is 5.16. The SMILES string of the molecule is CC(C)CCCC(=O)Oc1cc(N)ccc1Cl. The lowest BCUT2D eigenvalue weighted by Crippen LogP contribution is -2.08. The molecule has 4 heteroatoms. The smallest absolute Gasteiger partial charge is 0.311 e. The second kappa shape index (κ2) is 6.50. The molecule has 1 aromatic rings. The molecule has 0 spiro atoms. The fourth-order valence-corrected chi connectivity index (χ4v) is 1.58. The van der Waals surface area contributed by atoms with Crippen LogP contribution in [-0.2, 0) is 4.79 Å². The average Bonchev–Trinajstić information content (AvgIpc) is 2.23. The number of rotatable bonds is 5. The molecule has 2 N–H and O–H groups in total. The van der Waals surface area contributed by atoms with E-state index >= 15 is 0 Å². The number of anilines is 1. The molecule has 0 saturated carbocycles. The van der Waals surface area contributed by atoms with Gasteiger partial charge in [-0.25, -0.2) is 0 Å². The maximum Gasteiger partial charge on any atom is 0.311 e. The molecule has 0 unspecified atom stereocenters. The molecule has 0 amide bonds. The van der Waals surface area contributed by atoms with Crippen LogP contribution < -0.4 is 10.5 Å². The largest absolute Gasteiger partial charge is 0.425 e. The van der Waals surface area contributed by atoms with Crippen LogP contribution in [0.4, 0.5) is 5.69 Å². The van der Waals surface area contributed by atoms with Gasteiger partial charge in [0, 0.05) is 18.2 Å². The van der Waals surface area contributed by atoms with Gasteiger partial charge in [0.05, 0.1) is 5.02 Å². The fourth-order valence-electron chi connectivity index (χ4n) is 1.43. The average molecular weight is 256 g/mol.